The second-order valence-electron chi connectivity index (χ2n) is 11.8. The first-order valence-corrected chi connectivity index (χ1v) is 12.7. The lowest BCUT2D eigenvalue weighted by atomic mass is 9.46. The Labute approximate surface area is 185 Å². The third kappa shape index (κ3) is 4.44. The molecule has 0 radical (unpaired) electrons. The molecular formula is C27H47NO2. The Morgan fingerprint density at radius 3 is 2.47 bits per heavy atom. The minimum atomic E-state index is -0.510. The Morgan fingerprint density at radius 1 is 1.03 bits per heavy atom. The summed E-state index contributed by atoms with van der Waals surface area (Å²) in [6.45, 7) is 8.99. The smallest absolute Gasteiger partial charge is 0.155 e. The van der Waals surface area contributed by atoms with E-state index in [0.29, 0.717) is 16.6 Å². The van der Waals surface area contributed by atoms with Gasteiger partial charge in [-0.2, -0.15) is 0 Å². The van der Waals surface area contributed by atoms with Crippen LogP contribution in [-0.2, 0) is 4.79 Å². The van der Waals surface area contributed by atoms with E-state index in [1.165, 1.54) is 64.0 Å². The van der Waals surface area contributed by atoms with E-state index in [2.05, 4.69) is 19.6 Å². The number of carbonyl (C=O) groups is 1. The van der Waals surface area contributed by atoms with Crippen molar-refractivity contribution < 1.29 is 9.90 Å². The van der Waals surface area contributed by atoms with E-state index < -0.39 is 5.60 Å². The maximum Gasteiger partial charge on any atom is 0.155 e. The maximum absolute atomic E-state index is 12.0. The third-order valence-corrected chi connectivity index (χ3v) is 9.75. The molecule has 0 aromatic rings. The summed E-state index contributed by atoms with van der Waals surface area (Å²) in [5, 5.41) is 9.99. The highest BCUT2D eigenvalue weighted by Crippen LogP contribution is 2.67. The molecule has 4 rings (SSSR count). The van der Waals surface area contributed by atoms with Gasteiger partial charge in [-0.15, -0.1) is 0 Å². The summed E-state index contributed by atoms with van der Waals surface area (Å²) < 4.78 is 0. The highest BCUT2D eigenvalue weighted by molar-refractivity contribution is 5.91. The largest absolute Gasteiger partial charge is 0.390 e. The van der Waals surface area contributed by atoms with Crippen molar-refractivity contribution >= 4 is 5.78 Å². The zero-order valence-corrected chi connectivity index (χ0v) is 20.3. The number of unbranched alkanes of at least 4 members (excludes halogenated alkanes) is 1. The summed E-state index contributed by atoms with van der Waals surface area (Å²) in [5.74, 6) is 3.86. The summed E-state index contributed by atoms with van der Waals surface area (Å²) in [5.41, 5.74) is 6.33. The number of aliphatic hydroxyl groups is 1. The van der Waals surface area contributed by atoms with Gasteiger partial charge < -0.3 is 10.8 Å². The summed E-state index contributed by atoms with van der Waals surface area (Å²) in [6, 6.07) is 0. The minimum Gasteiger partial charge on any atom is -0.390 e. The van der Waals surface area contributed by atoms with Gasteiger partial charge in [-0.25, -0.2) is 0 Å². The Balaban J connectivity index is 0.00000124. The molecule has 0 spiro atoms. The molecule has 3 N–H and O–H groups in total. The number of hydrogen-bond acceptors (Lipinski definition) is 3. The molecule has 0 amide bonds. The molecule has 0 heterocycles. The lowest BCUT2D eigenvalue weighted by molar-refractivity contribution is -0.117. The first-order valence-electron chi connectivity index (χ1n) is 12.7. The number of ketones is 1. The van der Waals surface area contributed by atoms with Crippen molar-refractivity contribution in [3.05, 3.63) is 11.6 Å². The van der Waals surface area contributed by atoms with Gasteiger partial charge in [0, 0.05) is 6.42 Å². The Kier molecular flexibility index (Phi) is 7.24. The van der Waals surface area contributed by atoms with Crippen LogP contribution in [-0.4, -0.2) is 23.5 Å². The highest BCUT2D eigenvalue weighted by Gasteiger charge is 2.58. The molecule has 4 aliphatic carbocycles. The summed E-state index contributed by atoms with van der Waals surface area (Å²) in [4.78, 5) is 12.0. The molecule has 3 saturated carbocycles. The van der Waals surface area contributed by atoms with E-state index in [4.69, 9.17) is 0 Å². The van der Waals surface area contributed by atoms with Gasteiger partial charge in [0.15, 0.2) is 5.78 Å². The topological polar surface area (TPSA) is 63.3 Å². The Morgan fingerprint density at radius 2 is 1.77 bits per heavy atom. The second-order valence-corrected chi connectivity index (χ2v) is 11.8. The van der Waals surface area contributed by atoms with Crippen LogP contribution < -0.4 is 5.73 Å². The van der Waals surface area contributed by atoms with Crippen LogP contribution in [0, 0.1) is 34.5 Å². The lowest BCUT2D eigenvalue weighted by Crippen LogP contribution is -2.50. The lowest BCUT2D eigenvalue weighted by Gasteiger charge is -2.58. The van der Waals surface area contributed by atoms with Crippen LogP contribution in [0.4, 0.5) is 0 Å². The van der Waals surface area contributed by atoms with Crippen molar-refractivity contribution in [3.63, 3.8) is 0 Å². The van der Waals surface area contributed by atoms with Gasteiger partial charge in [-0.1, -0.05) is 32.3 Å². The Hall–Kier alpha value is -0.670. The average molecular weight is 418 g/mol. The van der Waals surface area contributed by atoms with Crippen LogP contribution in [0.25, 0.3) is 0 Å². The first-order chi connectivity index (χ1) is 14.1. The Bertz CT molecular complexity index is 648. The van der Waals surface area contributed by atoms with Crippen molar-refractivity contribution in [1.29, 1.82) is 0 Å². The zero-order valence-electron chi connectivity index (χ0n) is 20.3. The van der Waals surface area contributed by atoms with Gasteiger partial charge in [0.05, 0.1) is 5.60 Å². The summed E-state index contributed by atoms with van der Waals surface area (Å²) in [7, 11) is 1.50. The molecule has 0 saturated heterocycles. The quantitative estimate of drug-likeness (QED) is 0.536. The fourth-order valence-corrected chi connectivity index (χ4v) is 8.09. The third-order valence-electron chi connectivity index (χ3n) is 9.75. The molecule has 3 heteroatoms. The van der Waals surface area contributed by atoms with E-state index >= 15 is 0 Å². The molecule has 0 aromatic heterocycles. The molecule has 0 bridgehead atoms. The van der Waals surface area contributed by atoms with Crippen LogP contribution in [0.5, 0.6) is 0 Å². The number of nitrogens with two attached hydrogens (primary N) is 1. The van der Waals surface area contributed by atoms with E-state index in [1.807, 2.05) is 19.9 Å². The van der Waals surface area contributed by atoms with Gasteiger partial charge in [-0.3, -0.25) is 4.79 Å². The molecule has 172 valence electrons. The monoisotopic (exact) mass is 417 g/mol. The van der Waals surface area contributed by atoms with E-state index in [0.717, 1.165) is 49.4 Å². The van der Waals surface area contributed by atoms with Crippen molar-refractivity contribution in [1.82, 2.24) is 0 Å². The van der Waals surface area contributed by atoms with E-state index in [9.17, 15) is 9.90 Å². The standard InChI is InChI=1S/C26H42O2.CH5N/c1-24(2,28)14-6-5-7-18-9-11-22-21-10-8-19-17-20(27)12-15-26(19,4)23(21)13-16-25(18,22)3;1-2/h17-18,21-23,28H,5-16H2,1-4H3;2H2,1H3/t18?,21-,22?,23?,25+,26?;/m0./s1. The van der Waals surface area contributed by atoms with Crippen LogP contribution in [0.2, 0.25) is 0 Å². The number of allylic oxidation sites excluding steroid dienone is 1. The molecule has 0 aromatic carbocycles. The fourth-order valence-electron chi connectivity index (χ4n) is 8.09. The van der Waals surface area contributed by atoms with E-state index in [-0.39, 0.29) is 0 Å². The molecule has 4 aliphatic rings. The van der Waals surface area contributed by atoms with Crippen molar-refractivity contribution in [2.24, 2.45) is 40.2 Å². The number of hydrogen-bond donors (Lipinski definition) is 2. The van der Waals surface area contributed by atoms with Gasteiger partial charge in [0.1, 0.15) is 0 Å². The molecule has 0 aliphatic heterocycles. The number of carbonyl (C=O) groups excluding carboxylic acids is 1. The van der Waals surface area contributed by atoms with Gasteiger partial charge >= 0.3 is 0 Å². The van der Waals surface area contributed by atoms with Gasteiger partial charge in [0.2, 0.25) is 0 Å². The van der Waals surface area contributed by atoms with Crippen LogP contribution >= 0.6 is 0 Å². The molecule has 30 heavy (non-hydrogen) atoms. The maximum atomic E-state index is 12.0. The highest BCUT2D eigenvalue weighted by atomic mass is 16.3. The van der Waals surface area contributed by atoms with Crippen LogP contribution in [0.15, 0.2) is 11.6 Å². The van der Waals surface area contributed by atoms with Crippen LogP contribution in [0.3, 0.4) is 0 Å². The minimum absolute atomic E-state index is 0.308. The number of fused-ring (bicyclic) bond motifs is 5. The normalized spacial score (nSPS) is 40.5. The fraction of sp³-hybridized carbons (Fsp3) is 0.889. The second kappa shape index (κ2) is 9.06. The predicted molar refractivity (Wildman–Crippen MR) is 125 cm³/mol. The average Bonchev–Trinajstić information content (AvgIpc) is 3.03. The van der Waals surface area contributed by atoms with E-state index in [1.54, 1.807) is 0 Å². The zero-order chi connectivity index (χ0) is 22.2. The SMILES string of the molecule is CC(C)(O)CCCCC1CCC2[C@@H]3CCC4=CC(=O)CCC4(C)C3CC[C@]12C.CN. The molecular weight excluding hydrogens is 370 g/mol. The summed E-state index contributed by atoms with van der Waals surface area (Å²) in [6.07, 6.45) is 16.7. The molecule has 3 nitrogen and oxygen atoms in total. The van der Waals surface area contributed by atoms with Crippen molar-refractivity contribution in [2.75, 3.05) is 7.05 Å². The summed E-state index contributed by atoms with van der Waals surface area (Å²) >= 11 is 0. The number of rotatable bonds is 5. The van der Waals surface area contributed by atoms with Crippen molar-refractivity contribution in [3.8, 4) is 0 Å². The van der Waals surface area contributed by atoms with Gasteiger partial charge in [-0.05, 0) is 119 Å². The van der Waals surface area contributed by atoms with Crippen LogP contribution in [0.1, 0.15) is 105 Å². The predicted octanol–water partition coefficient (Wildman–Crippen LogP) is 6.04. The van der Waals surface area contributed by atoms with Crippen molar-refractivity contribution in [2.45, 2.75) is 110 Å². The molecule has 3 fully saturated rings. The molecule has 4 unspecified atom stereocenters. The van der Waals surface area contributed by atoms with Gasteiger partial charge in [0.25, 0.3) is 0 Å². The molecule has 6 atom stereocenters. The first kappa shape index (κ1) is 24.0.